The summed E-state index contributed by atoms with van der Waals surface area (Å²) in [6.45, 7) is -0.0527. The van der Waals surface area contributed by atoms with Crippen LogP contribution in [0.1, 0.15) is 16.5 Å². The predicted molar refractivity (Wildman–Crippen MR) is 101 cm³/mol. The van der Waals surface area contributed by atoms with Gasteiger partial charge in [-0.3, -0.25) is 13.8 Å². The molecule has 30 heavy (non-hydrogen) atoms. The molecule has 1 aliphatic rings. The number of aromatic nitrogens is 5. The zero-order chi connectivity index (χ0) is 21.6. The minimum Gasteiger partial charge on any atom is -0.389 e. The largest absolute Gasteiger partial charge is 0.417 e. The number of nitrogens with one attached hydrogen (secondary N) is 1. The number of rotatable bonds is 4. The highest BCUT2D eigenvalue weighted by Gasteiger charge is 2.42. The Hall–Kier alpha value is -2.35. The van der Waals surface area contributed by atoms with Gasteiger partial charge in [0, 0.05) is 18.9 Å². The molecule has 3 unspecified atom stereocenters. The molecule has 1 fully saturated rings. The van der Waals surface area contributed by atoms with Crippen LogP contribution in [0.5, 0.6) is 0 Å². The van der Waals surface area contributed by atoms with Crippen molar-refractivity contribution in [3.05, 3.63) is 41.2 Å². The zero-order valence-corrected chi connectivity index (χ0v) is 16.5. The number of imidazole rings is 1. The summed E-state index contributed by atoms with van der Waals surface area (Å²) in [5.41, 5.74) is -0.258. The van der Waals surface area contributed by atoms with Gasteiger partial charge in [-0.25, -0.2) is 4.98 Å². The number of aliphatic hydroxyl groups is 2. The van der Waals surface area contributed by atoms with Crippen molar-refractivity contribution in [2.24, 2.45) is 0 Å². The van der Waals surface area contributed by atoms with E-state index in [-0.39, 0.29) is 40.1 Å². The van der Waals surface area contributed by atoms with Crippen molar-refractivity contribution >= 4 is 39.4 Å². The summed E-state index contributed by atoms with van der Waals surface area (Å²) in [6, 6.07) is 0.956. The molecule has 4 heterocycles. The summed E-state index contributed by atoms with van der Waals surface area (Å²) >= 11 is 5.98. The van der Waals surface area contributed by atoms with Gasteiger partial charge >= 0.3 is 6.18 Å². The Bertz CT molecular complexity index is 1130. The van der Waals surface area contributed by atoms with Crippen LogP contribution in [-0.2, 0) is 23.5 Å². The Morgan fingerprint density at radius 3 is 2.73 bits per heavy atom. The summed E-state index contributed by atoms with van der Waals surface area (Å²) in [7, 11) is -1.58. The van der Waals surface area contributed by atoms with Crippen molar-refractivity contribution < 1.29 is 27.6 Å². The first kappa shape index (κ1) is 20.9. The van der Waals surface area contributed by atoms with Crippen molar-refractivity contribution in [3.8, 4) is 0 Å². The third kappa shape index (κ3) is 3.85. The molecule has 4 rings (SSSR count). The molecule has 3 aromatic rings. The number of hydrogen-bond acceptors (Lipinski definition) is 8. The normalized spacial score (nSPS) is 24.5. The van der Waals surface area contributed by atoms with E-state index in [1.54, 1.807) is 0 Å². The number of nitrogens with zero attached hydrogens (tertiary/aromatic N) is 5. The highest BCUT2D eigenvalue weighted by molar-refractivity contribution is 7.85. The maximum Gasteiger partial charge on any atom is 0.417 e. The molecule has 0 aromatic carbocycles. The molecule has 3 N–H and O–H groups in total. The zero-order valence-electron chi connectivity index (χ0n) is 14.9. The van der Waals surface area contributed by atoms with Crippen LogP contribution in [-0.4, -0.2) is 56.9 Å². The molecule has 14 heteroatoms. The van der Waals surface area contributed by atoms with Gasteiger partial charge in [0.05, 0.1) is 34.5 Å². The van der Waals surface area contributed by atoms with Crippen LogP contribution < -0.4 is 5.32 Å². The van der Waals surface area contributed by atoms with Gasteiger partial charge < -0.3 is 15.5 Å². The number of aliphatic hydroxyl groups excluding tert-OH is 2. The summed E-state index contributed by atoms with van der Waals surface area (Å²) < 4.78 is 52.2. The van der Waals surface area contributed by atoms with E-state index in [4.69, 9.17) is 11.6 Å². The van der Waals surface area contributed by atoms with Crippen LogP contribution in [0.4, 0.5) is 19.0 Å². The Balaban J connectivity index is 1.65. The summed E-state index contributed by atoms with van der Waals surface area (Å²) in [6.07, 6.45) is -3.67. The number of fused-ring (bicyclic) bond motifs is 1. The lowest BCUT2D eigenvalue weighted by atomic mass is 10.2. The Labute approximate surface area is 174 Å². The standard InChI is InChI=1S/C16H14ClF3N6O3S/c17-15-24-12(22-3-7-1-8(4-21-2-7)16(18,19)20)10-13(25-15)26(6-23-10)14-11(28)9(27)5-30(14)29/h1-2,4,6,9,11,14,27-28H,3,5H2,(H,22,24,25)/t9?,11?,14-,30?/m1/s1. The predicted octanol–water partition coefficient (Wildman–Crippen LogP) is 1.49. The summed E-state index contributed by atoms with van der Waals surface area (Å²) in [5.74, 6) is 0.0396. The number of anilines is 1. The Morgan fingerprint density at radius 1 is 1.30 bits per heavy atom. The number of pyridine rings is 1. The highest BCUT2D eigenvalue weighted by Crippen LogP contribution is 2.32. The van der Waals surface area contributed by atoms with Gasteiger partial charge in [-0.15, -0.1) is 0 Å². The number of hydrogen-bond donors (Lipinski definition) is 3. The molecule has 0 radical (unpaired) electrons. The number of alkyl halides is 3. The molecule has 0 amide bonds. The lowest BCUT2D eigenvalue weighted by Crippen LogP contribution is -2.28. The fourth-order valence-corrected chi connectivity index (χ4v) is 4.92. The van der Waals surface area contributed by atoms with Crippen molar-refractivity contribution in [1.29, 1.82) is 0 Å². The summed E-state index contributed by atoms with van der Waals surface area (Å²) in [4.78, 5) is 15.8. The van der Waals surface area contributed by atoms with Crippen LogP contribution in [0.25, 0.3) is 11.2 Å². The molecule has 9 nitrogen and oxygen atoms in total. The van der Waals surface area contributed by atoms with Gasteiger partial charge in [-0.05, 0) is 23.2 Å². The van der Waals surface area contributed by atoms with E-state index in [1.165, 1.54) is 17.1 Å². The lowest BCUT2D eigenvalue weighted by molar-refractivity contribution is -0.137. The fraction of sp³-hybridized carbons (Fsp3) is 0.375. The van der Waals surface area contributed by atoms with E-state index < -0.39 is 40.1 Å². The first-order chi connectivity index (χ1) is 14.1. The van der Waals surface area contributed by atoms with Crippen LogP contribution in [0.15, 0.2) is 24.8 Å². The molecular weight excluding hydrogens is 449 g/mol. The molecule has 4 atom stereocenters. The quantitative estimate of drug-likeness (QED) is 0.498. The van der Waals surface area contributed by atoms with Crippen LogP contribution >= 0.6 is 11.6 Å². The average Bonchev–Trinajstić information content (AvgIpc) is 3.19. The second kappa shape index (κ2) is 7.72. The maximum atomic E-state index is 12.9. The van der Waals surface area contributed by atoms with Crippen molar-refractivity contribution in [2.45, 2.75) is 30.3 Å². The monoisotopic (exact) mass is 462 g/mol. The third-order valence-corrected chi connectivity index (χ3v) is 6.42. The fourth-order valence-electron chi connectivity index (χ4n) is 3.13. The molecule has 1 saturated heterocycles. The molecule has 160 valence electrons. The van der Waals surface area contributed by atoms with E-state index in [9.17, 15) is 27.6 Å². The summed E-state index contributed by atoms with van der Waals surface area (Å²) in [5, 5.41) is 21.6. The minimum absolute atomic E-state index is 0.0527. The molecule has 1 aliphatic heterocycles. The highest BCUT2D eigenvalue weighted by atomic mass is 35.5. The molecule has 0 saturated carbocycles. The maximum absolute atomic E-state index is 12.9. The number of halogens is 4. The van der Waals surface area contributed by atoms with E-state index in [0.29, 0.717) is 0 Å². The second-order valence-electron chi connectivity index (χ2n) is 6.59. The van der Waals surface area contributed by atoms with Crippen LogP contribution in [0.2, 0.25) is 5.28 Å². The molecule has 0 bridgehead atoms. The molecular formula is C16H14ClF3N6O3S. The lowest BCUT2D eigenvalue weighted by Gasteiger charge is -2.17. The minimum atomic E-state index is -4.52. The van der Waals surface area contributed by atoms with Crippen molar-refractivity contribution in [1.82, 2.24) is 24.5 Å². The average molecular weight is 463 g/mol. The molecule has 0 aliphatic carbocycles. The van der Waals surface area contributed by atoms with Gasteiger partial charge in [0.25, 0.3) is 0 Å². The van der Waals surface area contributed by atoms with E-state index in [0.717, 1.165) is 12.3 Å². The van der Waals surface area contributed by atoms with Gasteiger partial charge in [-0.1, -0.05) is 0 Å². The van der Waals surface area contributed by atoms with E-state index >= 15 is 0 Å². The van der Waals surface area contributed by atoms with E-state index in [1.807, 2.05) is 0 Å². The second-order valence-corrected chi connectivity index (χ2v) is 8.51. The van der Waals surface area contributed by atoms with E-state index in [2.05, 4.69) is 25.3 Å². The van der Waals surface area contributed by atoms with Gasteiger partial charge in [-0.2, -0.15) is 23.1 Å². The van der Waals surface area contributed by atoms with Gasteiger partial charge in [0.1, 0.15) is 11.5 Å². The van der Waals surface area contributed by atoms with Gasteiger partial charge in [0.2, 0.25) is 5.28 Å². The van der Waals surface area contributed by atoms with Gasteiger partial charge in [0.15, 0.2) is 17.0 Å². The van der Waals surface area contributed by atoms with Crippen LogP contribution in [0, 0.1) is 0 Å². The topological polar surface area (TPSA) is 126 Å². The first-order valence-corrected chi connectivity index (χ1v) is 10.3. The van der Waals surface area contributed by atoms with Crippen LogP contribution in [0.3, 0.4) is 0 Å². The molecule has 3 aromatic heterocycles. The van der Waals surface area contributed by atoms with Crippen molar-refractivity contribution in [2.75, 3.05) is 11.1 Å². The first-order valence-electron chi connectivity index (χ1n) is 8.53. The SMILES string of the molecule is O=S1CC(O)C(O)[C@@H]1n1cnc2c(NCc3cncc(C(F)(F)F)c3)nc(Cl)nc21. The third-order valence-electron chi connectivity index (χ3n) is 4.54. The molecule has 0 spiro atoms. The Morgan fingerprint density at radius 2 is 2.07 bits per heavy atom. The Kier molecular flexibility index (Phi) is 5.38. The smallest absolute Gasteiger partial charge is 0.389 e. The van der Waals surface area contributed by atoms with Crippen molar-refractivity contribution in [3.63, 3.8) is 0 Å².